The number of ether oxygens (including phenoxy) is 1. The van der Waals surface area contributed by atoms with Gasteiger partial charge in [-0.3, -0.25) is 9.36 Å². The van der Waals surface area contributed by atoms with Crippen molar-refractivity contribution < 1.29 is 18.6 Å². The Kier molecular flexibility index (Phi) is 12.0. The second kappa shape index (κ2) is 15.8. The van der Waals surface area contributed by atoms with Crippen molar-refractivity contribution in [2.45, 2.75) is 19.8 Å². The third-order valence-electron chi connectivity index (χ3n) is 6.69. The van der Waals surface area contributed by atoms with Gasteiger partial charge in [0.1, 0.15) is 10.8 Å². The van der Waals surface area contributed by atoms with Crippen molar-refractivity contribution in [2.24, 2.45) is 0 Å². The van der Waals surface area contributed by atoms with Gasteiger partial charge in [0.2, 0.25) is 11.9 Å². The summed E-state index contributed by atoms with van der Waals surface area (Å²) in [5, 5.41) is 9.39. The predicted molar refractivity (Wildman–Crippen MR) is 173 cm³/mol. The van der Waals surface area contributed by atoms with Crippen LogP contribution in [0.2, 0.25) is 5.02 Å². The van der Waals surface area contributed by atoms with Gasteiger partial charge in [-0.15, -0.1) is 0 Å². The molecule has 4 rings (SSSR count). The van der Waals surface area contributed by atoms with Crippen LogP contribution in [0.5, 0.6) is 5.75 Å². The highest BCUT2D eigenvalue weighted by Crippen LogP contribution is 2.51. The maximum Gasteiger partial charge on any atom is 0.272 e. The number of nitrogens with zero attached hydrogens (tertiary/aromatic N) is 4. The fourth-order valence-corrected chi connectivity index (χ4v) is 6.86. The molecule has 1 atom stereocenters. The first-order valence-corrected chi connectivity index (χ1v) is 16.4. The molecule has 230 valence electrons. The van der Waals surface area contributed by atoms with Crippen LogP contribution < -0.4 is 20.7 Å². The topological polar surface area (TPSA) is 121 Å². The summed E-state index contributed by atoms with van der Waals surface area (Å²) in [6, 6.07) is 14.6. The van der Waals surface area contributed by atoms with Crippen LogP contribution in [0.15, 0.2) is 67.4 Å². The average molecular weight is 628 g/mol. The first-order valence-electron chi connectivity index (χ1n) is 14.3. The molecule has 1 aromatic heterocycles. The third-order valence-corrected chi connectivity index (χ3v) is 9.70. The monoisotopic (exact) mass is 627 g/mol. The van der Waals surface area contributed by atoms with Crippen LogP contribution in [-0.2, 0) is 13.9 Å². The highest BCUT2D eigenvalue weighted by Gasteiger charge is 2.33. The van der Waals surface area contributed by atoms with Gasteiger partial charge in [-0.05, 0) is 68.4 Å². The minimum absolute atomic E-state index is 0.302. The number of amides is 1. The van der Waals surface area contributed by atoms with E-state index in [1.807, 2.05) is 41.9 Å². The summed E-state index contributed by atoms with van der Waals surface area (Å²) in [5.74, 6) is 1.16. The summed E-state index contributed by atoms with van der Waals surface area (Å²) in [5.41, 5.74) is 2.06. The number of halogens is 1. The van der Waals surface area contributed by atoms with E-state index in [2.05, 4.69) is 44.4 Å². The van der Waals surface area contributed by atoms with E-state index >= 15 is 0 Å². The molecule has 1 unspecified atom stereocenters. The fourth-order valence-electron chi connectivity index (χ4n) is 4.36. The molecule has 0 spiro atoms. The van der Waals surface area contributed by atoms with E-state index in [0.29, 0.717) is 59.7 Å². The van der Waals surface area contributed by atoms with Gasteiger partial charge in [-0.25, -0.2) is 9.65 Å². The molecular weight excluding hydrogens is 589 g/mol. The molecule has 0 radical (unpaired) electrons. The molecule has 43 heavy (non-hydrogen) atoms. The number of anilines is 5. The van der Waals surface area contributed by atoms with E-state index in [9.17, 15) is 9.36 Å². The average Bonchev–Trinajstić information content (AvgIpc) is 3.01. The van der Waals surface area contributed by atoms with Crippen molar-refractivity contribution in [1.82, 2.24) is 19.5 Å². The van der Waals surface area contributed by atoms with E-state index in [1.165, 1.54) is 12.3 Å². The number of carbonyl (C=O) groups excluding carboxylic acids is 1. The van der Waals surface area contributed by atoms with Crippen LogP contribution in [0.25, 0.3) is 0 Å². The molecule has 3 N–H and O–H groups in total. The summed E-state index contributed by atoms with van der Waals surface area (Å²) in [7, 11) is -0.797. The zero-order valence-corrected chi connectivity index (χ0v) is 26.2. The summed E-state index contributed by atoms with van der Waals surface area (Å²) in [4.78, 5) is 22.6. The molecule has 0 aliphatic carbocycles. The summed E-state index contributed by atoms with van der Waals surface area (Å²) in [6.07, 6.45) is 4.64. The molecule has 2 heterocycles. The highest BCUT2D eigenvalue weighted by molar-refractivity contribution is 7.56. The number of benzene rings is 2. The molecule has 11 nitrogen and oxygen atoms in total. The number of rotatable bonds is 15. The van der Waals surface area contributed by atoms with Crippen LogP contribution in [0, 0.1) is 0 Å². The van der Waals surface area contributed by atoms with E-state index < -0.39 is 7.52 Å². The minimum Gasteiger partial charge on any atom is -0.494 e. The third kappa shape index (κ3) is 9.77. The Morgan fingerprint density at radius 1 is 1.07 bits per heavy atom. The number of likely N-dealkylation sites (N-methyl/N-ethyl adjacent to an activating group) is 1. The Balaban J connectivity index is 1.29. The number of aromatic nitrogens is 2. The van der Waals surface area contributed by atoms with Crippen molar-refractivity contribution >= 4 is 53.9 Å². The van der Waals surface area contributed by atoms with Gasteiger partial charge in [0.05, 0.1) is 19.4 Å². The van der Waals surface area contributed by atoms with Crippen LogP contribution in [0.4, 0.5) is 28.8 Å². The first kappa shape index (κ1) is 32.4. The van der Waals surface area contributed by atoms with Gasteiger partial charge in [-0.2, -0.15) is 4.98 Å². The number of carbonyl (C=O) groups is 1. The molecular formula is C30H39ClN7O4P. The van der Waals surface area contributed by atoms with E-state index in [0.717, 1.165) is 38.3 Å². The van der Waals surface area contributed by atoms with Crippen LogP contribution in [-0.4, -0.2) is 78.0 Å². The van der Waals surface area contributed by atoms with Crippen LogP contribution in [0.1, 0.15) is 19.8 Å². The predicted octanol–water partition coefficient (Wildman–Crippen LogP) is 6.38. The van der Waals surface area contributed by atoms with Crippen molar-refractivity contribution in [3.63, 3.8) is 0 Å². The largest absolute Gasteiger partial charge is 0.494 e. The lowest BCUT2D eigenvalue weighted by molar-refractivity contribution is -0.111. The Hall–Kier alpha value is -3.47. The van der Waals surface area contributed by atoms with Crippen LogP contribution in [0.3, 0.4) is 0 Å². The highest BCUT2D eigenvalue weighted by atomic mass is 35.5. The lowest BCUT2D eigenvalue weighted by Crippen LogP contribution is -2.43. The zero-order chi connectivity index (χ0) is 30.7. The van der Waals surface area contributed by atoms with Crippen molar-refractivity contribution in [3.8, 4) is 5.75 Å². The van der Waals surface area contributed by atoms with Gasteiger partial charge in [0, 0.05) is 49.4 Å². The number of hydrogen-bond donors (Lipinski definition) is 3. The van der Waals surface area contributed by atoms with Crippen molar-refractivity contribution in [1.29, 1.82) is 0 Å². The number of hydrogen-bond acceptors (Lipinski definition) is 9. The quantitative estimate of drug-likeness (QED) is 0.0994. The molecule has 1 saturated heterocycles. The Labute approximate surface area is 258 Å². The van der Waals surface area contributed by atoms with Gasteiger partial charge < -0.3 is 30.1 Å². The van der Waals surface area contributed by atoms with Gasteiger partial charge in [0.25, 0.3) is 7.52 Å². The maximum atomic E-state index is 13.7. The molecule has 13 heteroatoms. The minimum atomic E-state index is -2.88. The lowest BCUT2D eigenvalue weighted by atomic mass is 10.2. The smallest absolute Gasteiger partial charge is 0.272 e. The normalized spacial score (nSPS) is 15.3. The summed E-state index contributed by atoms with van der Waals surface area (Å²) >= 11 is 6.33. The molecule has 1 aliphatic rings. The Morgan fingerprint density at radius 3 is 2.53 bits per heavy atom. The molecule has 1 fully saturated rings. The number of piperazine rings is 1. The Bertz CT molecular complexity index is 1420. The van der Waals surface area contributed by atoms with E-state index in [1.54, 1.807) is 18.2 Å². The van der Waals surface area contributed by atoms with Crippen molar-refractivity contribution in [3.05, 3.63) is 72.4 Å². The van der Waals surface area contributed by atoms with Crippen LogP contribution >= 0.6 is 19.1 Å². The summed E-state index contributed by atoms with van der Waals surface area (Å²) < 4.78 is 27.5. The molecule has 3 aromatic rings. The van der Waals surface area contributed by atoms with E-state index in [4.69, 9.17) is 20.9 Å². The lowest BCUT2D eigenvalue weighted by Gasteiger charge is -2.37. The molecule has 0 saturated carbocycles. The van der Waals surface area contributed by atoms with Gasteiger partial charge in [-0.1, -0.05) is 31.2 Å². The number of nitrogens with one attached hydrogen (secondary N) is 3. The van der Waals surface area contributed by atoms with Gasteiger partial charge in [0.15, 0.2) is 5.82 Å². The molecule has 1 amide bonds. The zero-order valence-electron chi connectivity index (χ0n) is 24.6. The van der Waals surface area contributed by atoms with Gasteiger partial charge >= 0.3 is 0 Å². The Morgan fingerprint density at radius 2 is 1.81 bits per heavy atom. The summed E-state index contributed by atoms with van der Waals surface area (Å²) in [6.45, 7) is 9.71. The van der Waals surface area contributed by atoms with E-state index in [-0.39, 0.29) is 5.91 Å². The standard InChI is InChI=1S/C30H39ClN7O4P/c1-4-18-42-43(40,38-16-14-37(3)15-17-38)20-7-19-41-26-12-10-23(11-13-26)35-30-32-22-27(31)29(36-30)34-25-9-6-8-24(21-25)33-28(39)5-2/h5-6,8-13,21-22H,2,4,7,14-20H2,1,3H3,(H,33,39)(H2,32,34,35,36). The second-order valence-electron chi connectivity index (χ2n) is 10.1. The molecule has 0 bridgehead atoms. The van der Waals surface area contributed by atoms with Crippen molar-refractivity contribution in [2.75, 3.05) is 68.6 Å². The molecule has 2 aromatic carbocycles. The second-order valence-corrected chi connectivity index (χ2v) is 13.0. The first-order chi connectivity index (χ1) is 20.8. The maximum absolute atomic E-state index is 13.7. The SMILES string of the molecule is C=CC(=O)Nc1cccc(Nc2nc(Nc3ccc(OCCCP(=O)(OCCC)N4CCN(C)CC4)cc3)ncc2Cl)c1. The fraction of sp³-hybridized carbons (Fsp3) is 0.367. The molecule has 1 aliphatic heterocycles.